The SMILES string of the molecule is C=C(C[C@@H](OS(C)(=O)=O)[C@@H]1[C@H](CO)N1C(=O)OC(C)(C)C)C(=O)OCC. The Balaban J connectivity index is 2.97. The van der Waals surface area contributed by atoms with E-state index in [2.05, 4.69) is 6.58 Å². The first-order valence-corrected chi connectivity index (χ1v) is 9.97. The van der Waals surface area contributed by atoms with Crippen LogP contribution in [0.5, 0.6) is 0 Å². The molecule has 0 spiro atoms. The van der Waals surface area contributed by atoms with Crippen LogP contribution in [0.2, 0.25) is 0 Å². The van der Waals surface area contributed by atoms with Gasteiger partial charge in [-0.05, 0) is 27.7 Å². The van der Waals surface area contributed by atoms with Crippen molar-refractivity contribution >= 4 is 22.2 Å². The van der Waals surface area contributed by atoms with Crippen molar-refractivity contribution < 1.29 is 36.8 Å². The molecule has 0 saturated carbocycles. The zero-order valence-electron chi connectivity index (χ0n) is 15.7. The Hall–Kier alpha value is -1.65. The number of esters is 1. The third kappa shape index (κ3) is 6.58. The summed E-state index contributed by atoms with van der Waals surface area (Å²) in [6.45, 7) is 10.0. The van der Waals surface area contributed by atoms with E-state index >= 15 is 0 Å². The number of hydrogen-bond acceptors (Lipinski definition) is 8. The van der Waals surface area contributed by atoms with Crippen molar-refractivity contribution in [3.05, 3.63) is 12.2 Å². The highest BCUT2D eigenvalue weighted by atomic mass is 32.2. The third-order valence-corrected chi connectivity index (χ3v) is 4.06. The van der Waals surface area contributed by atoms with Crippen molar-refractivity contribution in [2.24, 2.45) is 0 Å². The van der Waals surface area contributed by atoms with E-state index in [1.807, 2.05) is 0 Å². The summed E-state index contributed by atoms with van der Waals surface area (Å²) in [7, 11) is -3.88. The Bertz CT molecular complexity index is 652. The lowest BCUT2D eigenvalue weighted by Gasteiger charge is -2.21. The zero-order valence-corrected chi connectivity index (χ0v) is 16.5. The summed E-state index contributed by atoms with van der Waals surface area (Å²) < 4.78 is 38.3. The number of aliphatic hydroxyl groups is 1. The van der Waals surface area contributed by atoms with E-state index in [0.29, 0.717) is 0 Å². The summed E-state index contributed by atoms with van der Waals surface area (Å²) >= 11 is 0. The molecule has 3 atom stereocenters. The molecule has 1 heterocycles. The van der Waals surface area contributed by atoms with E-state index in [4.69, 9.17) is 13.7 Å². The second-order valence-electron chi connectivity index (χ2n) is 7.00. The molecule has 1 aliphatic rings. The smallest absolute Gasteiger partial charge is 0.411 e. The number of carbonyl (C=O) groups is 2. The standard InChI is InChI=1S/C16H27NO8S/c1-7-23-14(19)10(2)8-12(25-26(6,21)22)13-11(9-18)17(13)15(20)24-16(3,4)5/h11-13,18H,2,7-9H2,1,3-6H3/t11-,12+,13-,17?/m0/s1. The van der Waals surface area contributed by atoms with E-state index in [9.17, 15) is 23.1 Å². The highest BCUT2D eigenvalue weighted by Crippen LogP contribution is 2.37. The molecule has 0 unspecified atom stereocenters. The molecule has 26 heavy (non-hydrogen) atoms. The van der Waals surface area contributed by atoms with Gasteiger partial charge in [-0.1, -0.05) is 6.58 Å². The quantitative estimate of drug-likeness (QED) is 0.279. The number of nitrogens with zero attached hydrogens (tertiary/aromatic N) is 1. The summed E-state index contributed by atoms with van der Waals surface area (Å²) in [6.07, 6.45) is -1.11. The number of hydrogen-bond donors (Lipinski definition) is 1. The zero-order chi connectivity index (χ0) is 20.3. The maximum atomic E-state index is 12.3. The molecule has 1 amide bonds. The van der Waals surface area contributed by atoms with Crippen LogP contribution in [-0.4, -0.2) is 73.7 Å². The van der Waals surface area contributed by atoms with E-state index in [1.54, 1.807) is 27.7 Å². The molecule has 1 saturated heterocycles. The maximum absolute atomic E-state index is 12.3. The predicted octanol–water partition coefficient (Wildman–Crippen LogP) is 0.821. The molecule has 9 nitrogen and oxygen atoms in total. The molecular formula is C16H27NO8S. The number of aliphatic hydroxyl groups excluding tert-OH is 1. The lowest BCUT2D eigenvalue weighted by molar-refractivity contribution is -0.138. The first-order valence-electron chi connectivity index (χ1n) is 8.16. The first-order chi connectivity index (χ1) is 11.8. The Morgan fingerprint density at radius 2 is 1.88 bits per heavy atom. The fourth-order valence-electron chi connectivity index (χ4n) is 2.49. The molecule has 1 aliphatic heterocycles. The lowest BCUT2D eigenvalue weighted by Crippen LogP contribution is -2.32. The van der Waals surface area contributed by atoms with Crippen LogP contribution < -0.4 is 0 Å². The fourth-order valence-corrected chi connectivity index (χ4v) is 3.12. The second kappa shape index (κ2) is 8.36. The average molecular weight is 393 g/mol. The molecular weight excluding hydrogens is 366 g/mol. The normalized spacial score (nSPS) is 21.1. The number of rotatable bonds is 8. The van der Waals surface area contributed by atoms with Crippen LogP contribution in [-0.2, 0) is 28.6 Å². The third-order valence-electron chi connectivity index (χ3n) is 3.47. The van der Waals surface area contributed by atoms with Crippen molar-refractivity contribution in [1.82, 2.24) is 4.90 Å². The van der Waals surface area contributed by atoms with Crippen LogP contribution >= 0.6 is 0 Å². The lowest BCUT2D eigenvalue weighted by atomic mass is 10.1. The van der Waals surface area contributed by atoms with Crippen LogP contribution in [0.25, 0.3) is 0 Å². The molecule has 1 N–H and O–H groups in total. The van der Waals surface area contributed by atoms with Gasteiger partial charge in [0, 0.05) is 12.0 Å². The minimum atomic E-state index is -3.88. The molecule has 0 bridgehead atoms. The molecule has 150 valence electrons. The summed E-state index contributed by atoms with van der Waals surface area (Å²) in [5.41, 5.74) is -0.750. The van der Waals surface area contributed by atoms with E-state index in [1.165, 1.54) is 4.90 Å². The van der Waals surface area contributed by atoms with Crippen molar-refractivity contribution in [2.75, 3.05) is 19.5 Å². The summed E-state index contributed by atoms with van der Waals surface area (Å²) in [4.78, 5) is 25.2. The molecule has 1 fully saturated rings. The Morgan fingerprint density at radius 3 is 2.31 bits per heavy atom. The second-order valence-corrected chi connectivity index (χ2v) is 8.60. The van der Waals surface area contributed by atoms with Gasteiger partial charge in [0.2, 0.25) is 0 Å². The molecule has 0 aromatic rings. The minimum Gasteiger partial charge on any atom is -0.463 e. The monoisotopic (exact) mass is 393 g/mol. The van der Waals surface area contributed by atoms with Crippen LogP contribution in [0.3, 0.4) is 0 Å². The van der Waals surface area contributed by atoms with E-state index in [-0.39, 0.29) is 18.6 Å². The minimum absolute atomic E-state index is 0.00762. The van der Waals surface area contributed by atoms with Gasteiger partial charge in [-0.15, -0.1) is 0 Å². The maximum Gasteiger partial charge on any atom is 0.411 e. The fraction of sp³-hybridized carbons (Fsp3) is 0.750. The molecule has 0 radical (unpaired) electrons. The largest absolute Gasteiger partial charge is 0.463 e. The van der Waals surface area contributed by atoms with Crippen LogP contribution in [0.15, 0.2) is 12.2 Å². The van der Waals surface area contributed by atoms with Gasteiger partial charge in [0.15, 0.2) is 0 Å². The Labute approximate surface area is 154 Å². The van der Waals surface area contributed by atoms with Gasteiger partial charge in [0.1, 0.15) is 11.7 Å². The molecule has 0 aromatic heterocycles. The van der Waals surface area contributed by atoms with Crippen molar-refractivity contribution in [3.63, 3.8) is 0 Å². The van der Waals surface area contributed by atoms with Gasteiger partial charge < -0.3 is 14.6 Å². The van der Waals surface area contributed by atoms with Crippen LogP contribution in [0, 0.1) is 0 Å². The topological polar surface area (TPSA) is 119 Å². The summed E-state index contributed by atoms with van der Waals surface area (Å²) in [6, 6.07) is -1.44. The highest BCUT2D eigenvalue weighted by Gasteiger charge is 2.57. The molecule has 0 aliphatic carbocycles. The van der Waals surface area contributed by atoms with Crippen molar-refractivity contribution in [1.29, 1.82) is 0 Å². The Morgan fingerprint density at radius 1 is 1.31 bits per heavy atom. The van der Waals surface area contributed by atoms with Crippen molar-refractivity contribution in [3.8, 4) is 0 Å². The number of amides is 1. The van der Waals surface area contributed by atoms with Gasteiger partial charge in [-0.25, -0.2) is 9.59 Å². The van der Waals surface area contributed by atoms with E-state index in [0.717, 1.165) is 6.26 Å². The Kier molecular flexibility index (Phi) is 7.20. The number of carbonyl (C=O) groups excluding carboxylic acids is 2. The van der Waals surface area contributed by atoms with Gasteiger partial charge in [0.05, 0.1) is 31.6 Å². The van der Waals surface area contributed by atoms with Gasteiger partial charge in [0.25, 0.3) is 10.1 Å². The predicted molar refractivity (Wildman–Crippen MR) is 92.8 cm³/mol. The summed E-state index contributed by atoms with van der Waals surface area (Å²) in [5, 5.41) is 9.50. The van der Waals surface area contributed by atoms with Crippen molar-refractivity contribution in [2.45, 2.75) is 57.9 Å². The highest BCUT2D eigenvalue weighted by molar-refractivity contribution is 7.86. The first kappa shape index (κ1) is 22.4. The van der Waals surface area contributed by atoms with Gasteiger partial charge in [-0.2, -0.15) is 8.42 Å². The van der Waals surface area contributed by atoms with Crippen LogP contribution in [0.4, 0.5) is 4.79 Å². The van der Waals surface area contributed by atoms with Crippen LogP contribution in [0.1, 0.15) is 34.1 Å². The van der Waals surface area contributed by atoms with E-state index < -0.39 is 52.6 Å². The molecule has 10 heteroatoms. The molecule has 0 aromatic carbocycles. The van der Waals surface area contributed by atoms with Gasteiger partial charge >= 0.3 is 12.1 Å². The number of ether oxygens (including phenoxy) is 2. The summed E-state index contributed by atoms with van der Waals surface area (Å²) in [5.74, 6) is -0.681. The molecule has 1 rings (SSSR count). The average Bonchev–Trinajstić information content (AvgIpc) is 3.18. The van der Waals surface area contributed by atoms with Gasteiger partial charge in [-0.3, -0.25) is 9.08 Å².